The molecule has 0 aliphatic heterocycles. The highest BCUT2D eigenvalue weighted by molar-refractivity contribution is 5.99. The summed E-state index contributed by atoms with van der Waals surface area (Å²) in [6.07, 6.45) is 1.40. The molecule has 0 aliphatic rings. The summed E-state index contributed by atoms with van der Waals surface area (Å²) in [6.45, 7) is 0.477. The molecule has 10 aromatic rings. The third-order valence-corrected chi connectivity index (χ3v) is 13.6. The number of nitrogens with zero attached hydrogens (tertiary/aromatic N) is 3. The monoisotopic (exact) mass is 970 g/mol. The Hall–Kier alpha value is -7.82. The standard InChI is InChI=1S/C69H67N3O/c1-43(2)51-39-58(44(3)4)66(73)61(40-51)67-71-65-57(53-36-52(46-19-14-12-15-20-46)37-54(38-53)62-41-50(33-34-70-62)47-25-29-55(30-26-47)68(6,7)8)23-18-24-63(65)72(67)64-35-45(5)59(48-21-16-13-17-22-48)42-60(64)49-27-31-56(32-28-49)69(9,10)11/h12-44,73H,1-11H3/i5D3,6D3,7D3,8D3,25D,26D,29D,30D. The van der Waals surface area contributed by atoms with Gasteiger partial charge in [-0.2, -0.15) is 0 Å². The van der Waals surface area contributed by atoms with Crippen LogP contribution in [0.1, 0.15) is 131 Å². The molecular formula is C69H67N3O. The van der Waals surface area contributed by atoms with E-state index in [1.807, 2.05) is 134 Å². The fourth-order valence-corrected chi connectivity index (χ4v) is 9.51. The first kappa shape index (κ1) is 33.0. The minimum absolute atomic E-state index is 0.0254. The van der Waals surface area contributed by atoms with Gasteiger partial charge in [0.2, 0.25) is 0 Å². The molecule has 0 spiro atoms. The summed E-state index contributed by atoms with van der Waals surface area (Å²) in [6, 6.07) is 45.4. The van der Waals surface area contributed by atoms with Crippen LogP contribution in [0.4, 0.5) is 0 Å². The fourth-order valence-electron chi connectivity index (χ4n) is 9.51. The number of para-hydroxylation sites is 1. The van der Waals surface area contributed by atoms with Gasteiger partial charge in [-0.05, 0) is 156 Å². The lowest BCUT2D eigenvalue weighted by atomic mass is 9.85. The summed E-state index contributed by atoms with van der Waals surface area (Å²) >= 11 is 0. The molecule has 8 aromatic carbocycles. The van der Waals surface area contributed by atoms with Crippen molar-refractivity contribution in [3.05, 3.63) is 216 Å². The van der Waals surface area contributed by atoms with Crippen molar-refractivity contribution in [1.29, 1.82) is 0 Å². The zero-order valence-electron chi connectivity index (χ0n) is 58.0. The van der Waals surface area contributed by atoms with E-state index in [2.05, 4.69) is 58.9 Å². The van der Waals surface area contributed by atoms with Gasteiger partial charge in [0, 0.05) is 39.3 Å². The Morgan fingerprint density at radius 2 is 1.19 bits per heavy atom. The summed E-state index contributed by atoms with van der Waals surface area (Å²) in [5.41, 5.74) is 5.74. The summed E-state index contributed by atoms with van der Waals surface area (Å²) < 4.78 is 141. The topological polar surface area (TPSA) is 50.9 Å². The van der Waals surface area contributed by atoms with Crippen LogP contribution in [0, 0.1) is 6.85 Å². The van der Waals surface area contributed by atoms with Crippen molar-refractivity contribution in [3.63, 3.8) is 0 Å². The van der Waals surface area contributed by atoms with Crippen molar-refractivity contribution in [1.82, 2.24) is 14.5 Å². The highest BCUT2D eigenvalue weighted by Crippen LogP contribution is 2.46. The van der Waals surface area contributed by atoms with Crippen LogP contribution < -0.4 is 0 Å². The SMILES string of the molecule is [2H]c1c([2H])c(C(C([2H])([2H])[2H])(C([2H])([2H])[2H])C([2H])([2H])[2H])c([2H])c([2H])c1-c1ccnc(-c2cc(-c3ccccc3)cc(-c3cccc4c3nc(-c3cc(C(C)C)cc(C(C)C)c3O)n4-c3cc(C([2H])([2H])[2H])c(-c4ccccc4)cc3-c3ccc(C(C)(C)C)cc3)c2)c1. The number of aromatic nitrogens is 3. The van der Waals surface area contributed by atoms with Crippen LogP contribution in [0.25, 0.3) is 95.0 Å². The minimum Gasteiger partial charge on any atom is -0.507 e. The highest BCUT2D eigenvalue weighted by atomic mass is 16.3. The quantitative estimate of drug-likeness (QED) is 0.149. The molecule has 0 aliphatic carbocycles. The molecule has 0 saturated carbocycles. The second-order valence-corrected chi connectivity index (χ2v) is 20.5. The molecule has 4 nitrogen and oxygen atoms in total. The molecule has 2 aromatic heterocycles. The molecule has 0 atom stereocenters. The Balaban J connectivity index is 1.28. The van der Waals surface area contributed by atoms with E-state index in [1.54, 1.807) is 6.07 Å². The number of phenolic OH excluding ortho intramolecular Hbond substituents is 1. The first-order valence-electron chi connectivity index (χ1n) is 32.6. The molecule has 10 rings (SSSR count). The fraction of sp³-hybridized carbons (Fsp3) is 0.217. The molecule has 0 saturated heterocycles. The zero-order chi connectivity index (χ0) is 64.8. The lowest BCUT2D eigenvalue weighted by Gasteiger charge is -2.22. The molecule has 73 heavy (non-hydrogen) atoms. The van der Waals surface area contributed by atoms with Gasteiger partial charge in [-0.1, -0.05) is 196 Å². The van der Waals surface area contributed by atoms with Gasteiger partial charge in [0.05, 0.1) is 33.5 Å². The van der Waals surface area contributed by atoms with Gasteiger partial charge in [0.15, 0.2) is 0 Å². The van der Waals surface area contributed by atoms with Gasteiger partial charge in [0.25, 0.3) is 0 Å². The molecule has 0 unspecified atom stereocenters. The summed E-state index contributed by atoms with van der Waals surface area (Å²) in [5, 5.41) is 12.6. The maximum atomic E-state index is 12.6. The van der Waals surface area contributed by atoms with E-state index in [9.17, 15) is 7.85 Å². The van der Waals surface area contributed by atoms with Crippen molar-refractivity contribution in [2.24, 2.45) is 0 Å². The molecule has 0 bridgehead atoms. The van der Waals surface area contributed by atoms with Crippen LogP contribution in [0.15, 0.2) is 188 Å². The van der Waals surface area contributed by atoms with Crippen molar-refractivity contribution in [2.45, 2.75) is 98.5 Å². The molecule has 0 radical (unpaired) electrons. The van der Waals surface area contributed by atoms with Crippen LogP contribution in [0.2, 0.25) is 0 Å². The Morgan fingerprint density at radius 1 is 0.521 bits per heavy atom. The average molecular weight is 970 g/mol. The highest BCUT2D eigenvalue weighted by Gasteiger charge is 2.26. The predicted molar refractivity (Wildman–Crippen MR) is 309 cm³/mol. The second kappa shape index (κ2) is 19.3. The van der Waals surface area contributed by atoms with E-state index >= 15 is 0 Å². The first-order chi connectivity index (χ1) is 41.6. The maximum Gasteiger partial charge on any atom is 0.149 e. The van der Waals surface area contributed by atoms with Gasteiger partial charge in [-0.3, -0.25) is 9.55 Å². The number of imidazole rings is 1. The van der Waals surface area contributed by atoms with Crippen molar-refractivity contribution < 1.29 is 27.0 Å². The lowest BCUT2D eigenvalue weighted by Crippen LogP contribution is -2.10. The third-order valence-electron chi connectivity index (χ3n) is 13.6. The zero-order valence-corrected chi connectivity index (χ0v) is 42.0. The van der Waals surface area contributed by atoms with Crippen molar-refractivity contribution >= 4 is 11.0 Å². The average Bonchev–Trinajstić information content (AvgIpc) is 1.22. The normalized spacial score (nSPS) is 16.0. The summed E-state index contributed by atoms with van der Waals surface area (Å²) in [7, 11) is 0. The van der Waals surface area contributed by atoms with Crippen molar-refractivity contribution in [2.75, 3.05) is 0 Å². The Morgan fingerprint density at radius 3 is 1.85 bits per heavy atom. The van der Waals surface area contributed by atoms with Gasteiger partial charge >= 0.3 is 0 Å². The summed E-state index contributed by atoms with van der Waals surface area (Å²) in [4.78, 5) is 10.3. The molecule has 1 N–H and O–H groups in total. The van der Waals surface area contributed by atoms with Gasteiger partial charge in [-0.25, -0.2) is 4.98 Å². The lowest BCUT2D eigenvalue weighted by molar-refractivity contribution is 0.466. The number of hydrogen-bond donors (Lipinski definition) is 1. The first-order valence-corrected chi connectivity index (χ1v) is 24.6. The maximum absolute atomic E-state index is 12.6. The number of pyridine rings is 1. The smallest absolute Gasteiger partial charge is 0.149 e. The number of benzene rings is 8. The van der Waals surface area contributed by atoms with Gasteiger partial charge in [-0.15, -0.1) is 0 Å². The van der Waals surface area contributed by atoms with Crippen LogP contribution in [0.5, 0.6) is 5.75 Å². The largest absolute Gasteiger partial charge is 0.507 e. The minimum atomic E-state index is -3.85. The Kier molecular flexibility index (Phi) is 8.73. The number of fused-ring (bicyclic) bond motifs is 1. The van der Waals surface area contributed by atoms with Crippen molar-refractivity contribution in [3.8, 4) is 89.7 Å². The molecular weight excluding hydrogens is 887 g/mol. The number of aryl methyl sites for hydroxylation is 1. The number of hydrogen-bond acceptors (Lipinski definition) is 3. The number of rotatable bonds is 10. The van der Waals surface area contributed by atoms with Gasteiger partial charge in [0.1, 0.15) is 11.6 Å². The molecule has 4 heteroatoms. The third kappa shape index (κ3) is 9.67. The van der Waals surface area contributed by atoms with E-state index in [4.69, 9.17) is 29.2 Å². The van der Waals surface area contributed by atoms with Crippen LogP contribution >= 0.6 is 0 Å². The van der Waals surface area contributed by atoms with Crippen LogP contribution in [-0.2, 0) is 10.8 Å². The van der Waals surface area contributed by atoms with E-state index in [0.717, 1.165) is 27.8 Å². The number of aromatic hydroxyl groups is 1. The second-order valence-electron chi connectivity index (χ2n) is 20.5. The van der Waals surface area contributed by atoms with Crippen LogP contribution in [0.3, 0.4) is 0 Å². The van der Waals surface area contributed by atoms with E-state index in [1.165, 1.54) is 18.3 Å². The summed E-state index contributed by atoms with van der Waals surface area (Å²) in [5.74, 6) is 0.294. The van der Waals surface area contributed by atoms with E-state index in [-0.39, 0.29) is 45.4 Å². The van der Waals surface area contributed by atoms with E-state index < -0.39 is 62.6 Å². The molecule has 0 fully saturated rings. The molecule has 0 amide bonds. The molecule has 364 valence electrons. The molecule has 2 heterocycles. The Bertz CT molecular complexity index is 4280. The van der Waals surface area contributed by atoms with Crippen LogP contribution in [-0.4, -0.2) is 19.6 Å². The number of phenols is 1. The predicted octanol–water partition coefficient (Wildman–Crippen LogP) is 18.9. The van der Waals surface area contributed by atoms with E-state index in [0.29, 0.717) is 67.1 Å². The Labute approximate surface area is 455 Å². The van der Waals surface area contributed by atoms with Gasteiger partial charge < -0.3 is 5.11 Å².